The van der Waals surface area contributed by atoms with Crippen LogP contribution in [-0.2, 0) is 4.79 Å². The Labute approximate surface area is 123 Å². The highest BCUT2D eigenvalue weighted by atomic mass is 32.2. The Morgan fingerprint density at radius 3 is 2.89 bits per heavy atom. The SMILES string of the molecule is Cc1ccc(C(N)=S)cc1NC(=O)C1CCCCS1. The van der Waals surface area contributed by atoms with E-state index < -0.39 is 0 Å². The van der Waals surface area contributed by atoms with Gasteiger partial charge >= 0.3 is 0 Å². The largest absolute Gasteiger partial charge is 0.389 e. The van der Waals surface area contributed by atoms with Crippen molar-refractivity contribution in [3.05, 3.63) is 29.3 Å². The van der Waals surface area contributed by atoms with E-state index in [0.717, 1.165) is 35.4 Å². The maximum absolute atomic E-state index is 12.2. The second-order valence-electron chi connectivity index (χ2n) is 4.74. The quantitative estimate of drug-likeness (QED) is 0.842. The highest BCUT2D eigenvalue weighted by Gasteiger charge is 2.22. The number of carbonyl (C=O) groups excluding carboxylic acids is 1. The lowest BCUT2D eigenvalue weighted by molar-refractivity contribution is -0.115. The predicted molar refractivity (Wildman–Crippen MR) is 85.8 cm³/mol. The van der Waals surface area contributed by atoms with E-state index in [1.54, 1.807) is 11.8 Å². The molecule has 5 heteroatoms. The number of aryl methyl sites for hydroxylation is 1. The summed E-state index contributed by atoms with van der Waals surface area (Å²) in [6.45, 7) is 1.97. The number of benzene rings is 1. The zero-order chi connectivity index (χ0) is 13.8. The topological polar surface area (TPSA) is 55.1 Å². The molecule has 1 aromatic rings. The van der Waals surface area contributed by atoms with Crippen LogP contribution in [-0.4, -0.2) is 21.9 Å². The van der Waals surface area contributed by atoms with Crippen molar-refractivity contribution < 1.29 is 4.79 Å². The Morgan fingerprint density at radius 2 is 2.26 bits per heavy atom. The Kier molecular flexibility index (Phi) is 4.82. The van der Waals surface area contributed by atoms with Crippen molar-refractivity contribution in [1.82, 2.24) is 0 Å². The van der Waals surface area contributed by atoms with Crippen LogP contribution in [0.5, 0.6) is 0 Å². The molecule has 1 fully saturated rings. The van der Waals surface area contributed by atoms with Crippen LogP contribution in [0.3, 0.4) is 0 Å². The van der Waals surface area contributed by atoms with Gasteiger partial charge < -0.3 is 11.1 Å². The van der Waals surface area contributed by atoms with E-state index >= 15 is 0 Å². The molecule has 1 atom stereocenters. The highest BCUT2D eigenvalue weighted by Crippen LogP contribution is 2.27. The van der Waals surface area contributed by atoms with Gasteiger partial charge in [-0.2, -0.15) is 0 Å². The first-order valence-electron chi connectivity index (χ1n) is 6.41. The molecule has 0 saturated carbocycles. The first-order valence-corrected chi connectivity index (χ1v) is 7.86. The number of hydrogen-bond donors (Lipinski definition) is 2. The van der Waals surface area contributed by atoms with Crippen molar-refractivity contribution in [3.63, 3.8) is 0 Å². The monoisotopic (exact) mass is 294 g/mol. The molecule has 0 spiro atoms. The van der Waals surface area contributed by atoms with Crippen molar-refractivity contribution in [3.8, 4) is 0 Å². The third-order valence-electron chi connectivity index (χ3n) is 3.25. The van der Waals surface area contributed by atoms with Gasteiger partial charge in [0.05, 0.1) is 5.25 Å². The summed E-state index contributed by atoms with van der Waals surface area (Å²) >= 11 is 6.71. The van der Waals surface area contributed by atoms with E-state index in [1.807, 2.05) is 25.1 Å². The molecule has 0 radical (unpaired) electrons. The molecule has 1 aromatic carbocycles. The highest BCUT2D eigenvalue weighted by molar-refractivity contribution is 8.00. The van der Waals surface area contributed by atoms with E-state index in [-0.39, 0.29) is 11.2 Å². The number of thioether (sulfide) groups is 1. The smallest absolute Gasteiger partial charge is 0.237 e. The molecule has 102 valence electrons. The number of nitrogens with one attached hydrogen (secondary N) is 1. The van der Waals surface area contributed by atoms with Gasteiger partial charge in [-0.3, -0.25) is 4.79 Å². The van der Waals surface area contributed by atoms with Crippen molar-refractivity contribution in [2.24, 2.45) is 5.73 Å². The Morgan fingerprint density at radius 1 is 1.47 bits per heavy atom. The fraction of sp³-hybridized carbons (Fsp3) is 0.429. The Bertz CT molecular complexity index is 496. The van der Waals surface area contributed by atoms with Crippen molar-refractivity contribution in [1.29, 1.82) is 0 Å². The third kappa shape index (κ3) is 3.70. The van der Waals surface area contributed by atoms with Gasteiger partial charge in [0.25, 0.3) is 0 Å². The molecule has 0 aromatic heterocycles. The zero-order valence-electron chi connectivity index (χ0n) is 10.9. The molecule has 3 nitrogen and oxygen atoms in total. The molecule has 1 heterocycles. The molecule has 1 aliphatic heterocycles. The first kappa shape index (κ1) is 14.3. The molecular formula is C14H18N2OS2. The average molecular weight is 294 g/mol. The van der Waals surface area contributed by atoms with Gasteiger partial charge in [0.1, 0.15) is 4.99 Å². The van der Waals surface area contributed by atoms with Gasteiger partial charge in [0, 0.05) is 11.3 Å². The van der Waals surface area contributed by atoms with Crippen LogP contribution >= 0.6 is 24.0 Å². The van der Waals surface area contributed by atoms with Crippen molar-refractivity contribution in [2.45, 2.75) is 31.4 Å². The lowest BCUT2D eigenvalue weighted by atomic mass is 10.1. The number of hydrogen-bond acceptors (Lipinski definition) is 3. The molecule has 1 aliphatic rings. The Balaban J connectivity index is 2.11. The second-order valence-corrected chi connectivity index (χ2v) is 6.49. The zero-order valence-corrected chi connectivity index (χ0v) is 12.6. The number of thiocarbonyl (C=S) groups is 1. The van der Waals surface area contributed by atoms with E-state index in [0.29, 0.717) is 4.99 Å². The predicted octanol–water partition coefficient (Wildman–Crippen LogP) is 2.85. The summed E-state index contributed by atoms with van der Waals surface area (Å²) in [5.74, 6) is 1.16. The summed E-state index contributed by atoms with van der Waals surface area (Å²) < 4.78 is 0. The van der Waals surface area contributed by atoms with E-state index in [9.17, 15) is 4.79 Å². The fourth-order valence-corrected chi connectivity index (χ4v) is 3.40. The number of amides is 1. The summed E-state index contributed by atoms with van der Waals surface area (Å²) in [5.41, 5.74) is 8.23. The molecule has 1 saturated heterocycles. The van der Waals surface area contributed by atoms with E-state index in [4.69, 9.17) is 18.0 Å². The molecule has 19 heavy (non-hydrogen) atoms. The maximum atomic E-state index is 12.2. The van der Waals surface area contributed by atoms with Crippen LogP contribution in [0.25, 0.3) is 0 Å². The van der Waals surface area contributed by atoms with Crippen molar-refractivity contribution in [2.75, 3.05) is 11.1 Å². The molecule has 3 N–H and O–H groups in total. The molecule has 1 amide bonds. The average Bonchev–Trinajstić information content (AvgIpc) is 2.42. The minimum Gasteiger partial charge on any atom is -0.389 e. The third-order valence-corrected chi connectivity index (χ3v) is 4.86. The van der Waals surface area contributed by atoms with Gasteiger partial charge in [-0.1, -0.05) is 30.8 Å². The molecular weight excluding hydrogens is 276 g/mol. The molecule has 2 rings (SSSR count). The van der Waals surface area contributed by atoms with Crippen LogP contribution < -0.4 is 11.1 Å². The standard InChI is InChI=1S/C14H18N2OS2/c1-9-5-6-10(13(15)18)8-11(9)16-14(17)12-4-2-3-7-19-12/h5-6,8,12H,2-4,7H2,1H3,(H2,15,18)(H,16,17). The van der Waals surface area contributed by atoms with Gasteiger partial charge in [-0.25, -0.2) is 0 Å². The number of rotatable bonds is 3. The van der Waals surface area contributed by atoms with Crippen LogP contribution in [0.1, 0.15) is 30.4 Å². The van der Waals surface area contributed by atoms with Gasteiger partial charge in [0.15, 0.2) is 0 Å². The van der Waals surface area contributed by atoms with Crippen LogP contribution in [0.2, 0.25) is 0 Å². The number of nitrogens with two attached hydrogens (primary N) is 1. The van der Waals surface area contributed by atoms with Crippen LogP contribution in [0, 0.1) is 6.92 Å². The minimum atomic E-state index is 0.0710. The molecule has 1 unspecified atom stereocenters. The summed E-state index contributed by atoms with van der Waals surface area (Å²) in [5, 5.41) is 3.07. The minimum absolute atomic E-state index is 0.0710. The maximum Gasteiger partial charge on any atom is 0.237 e. The first-order chi connectivity index (χ1) is 9.08. The summed E-state index contributed by atoms with van der Waals surface area (Å²) in [6.07, 6.45) is 3.31. The second kappa shape index (κ2) is 6.39. The number of anilines is 1. The lowest BCUT2D eigenvalue weighted by Gasteiger charge is -2.21. The molecule has 0 aliphatic carbocycles. The lowest BCUT2D eigenvalue weighted by Crippen LogP contribution is -2.28. The Hall–Kier alpha value is -1.07. The number of carbonyl (C=O) groups is 1. The van der Waals surface area contributed by atoms with Gasteiger partial charge in [-0.15, -0.1) is 11.8 Å². The van der Waals surface area contributed by atoms with Gasteiger partial charge in [-0.05, 0) is 37.1 Å². The van der Waals surface area contributed by atoms with E-state index in [1.165, 1.54) is 6.42 Å². The van der Waals surface area contributed by atoms with Crippen LogP contribution in [0.4, 0.5) is 5.69 Å². The fourth-order valence-electron chi connectivity index (χ4n) is 2.07. The summed E-state index contributed by atoms with van der Waals surface area (Å²) in [6, 6.07) is 5.66. The van der Waals surface area contributed by atoms with Crippen molar-refractivity contribution >= 4 is 40.6 Å². The summed E-state index contributed by atoms with van der Waals surface area (Å²) in [7, 11) is 0. The van der Waals surface area contributed by atoms with Crippen LogP contribution in [0.15, 0.2) is 18.2 Å². The normalized spacial score (nSPS) is 18.9. The van der Waals surface area contributed by atoms with E-state index in [2.05, 4.69) is 5.32 Å². The van der Waals surface area contributed by atoms with Gasteiger partial charge in [0.2, 0.25) is 5.91 Å². The molecule has 0 bridgehead atoms. The summed E-state index contributed by atoms with van der Waals surface area (Å²) in [4.78, 5) is 12.6.